The molecule has 2 aliphatic carbocycles. The van der Waals surface area contributed by atoms with E-state index in [2.05, 4.69) is 107 Å². The molecule has 0 bridgehead atoms. The highest BCUT2D eigenvalue weighted by Crippen LogP contribution is 2.47. The zero-order chi connectivity index (χ0) is 34.7. The molecule has 8 heteroatoms. The van der Waals surface area contributed by atoms with Gasteiger partial charge < -0.3 is 18.3 Å². The molecule has 1 aliphatic heterocycles. The summed E-state index contributed by atoms with van der Waals surface area (Å²) in [4.78, 5) is 26.5. The van der Waals surface area contributed by atoms with E-state index in [0.29, 0.717) is 18.8 Å². The summed E-state index contributed by atoms with van der Waals surface area (Å²) in [6.07, 6.45) is 13.5. The Morgan fingerprint density at radius 1 is 0.935 bits per heavy atom. The van der Waals surface area contributed by atoms with Crippen LogP contribution in [-0.4, -0.2) is 53.0 Å². The number of cyclic esters (lactones) is 1. The van der Waals surface area contributed by atoms with Gasteiger partial charge >= 0.3 is 11.9 Å². The van der Waals surface area contributed by atoms with Crippen molar-refractivity contribution in [1.82, 2.24) is 0 Å². The second kappa shape index (κ2) is 15.5. The molecular weight excluding hydrogens is 609 g/mol. The summed E-state index contributed by atoms with van der Waals surface area (Å²) >= 11 is 0. The van der Waals surface area contributed by atoms with Gasteiger partial charge in [-0.05, 0) is 79.4 Å². The van der Waals surface area contributed by atoms with Gasteiger partial charge in [-0.25, -0.2) is 0 Å². The number of carbonyl (C=O) groups excluding carboxylic acids is 2. The lowest BCUT2D eigenvalue weighted by Gasteiger charge is -2.46. The van der Waals surface area contributed by atoms with Gasteiger partial charge in [0.2, 0.25) is 0 Å². The standard InChI is InChI=1S/C38H68O6Si2/c1-14-16-27(17-15-2)36(40)42-33-24-30(43-45(10,11)37(4,5)6)22-28-19-18-26(3)32(35(28)33)21-20-29-23-31(25-34(39)41-29)44-46(12,13)38(7,8)9/h18-19,22,26-27,29-33,35H,14-17,20-21,23-25H2,1-13H3. The van der Waals surface area contributed by atoms with E-state index in [1.165, 1.54) is 5.57 Å². The average Bonchev–Trinajstić information content (AvgIpc) is 2.90. The fourth-order valence-electron chi connectivity index (χ4n) is 7.01. The van der Waals surface area contributed by atoms with Gasteiger partial charge in [0.05, 0.1) is 24.5 Å². The van der Waals surface area contributed by atoms with Crippen LogP contribution in [0, 0.1) is 23.7 Å². The molecule has 0 amide bonds. The van der Waals surface area contributed by atoms with Crippen molar-refractivity contribution in [3.05, 3.63) is 23.8 Å². The molecule has 1 saturated heterocycles. The molecule has 1 fully saturated rings. The lowest BCUT2D eigenvalue weighted by Crippen LogP contribution is -2.48. The first-order chi connectivity index (χ1) is 21.2. The first-order valence-electron chi connectivity index (χ1n) is 18.3. The molecule has 0 aromatic carbocycles. The minimum Gasteiger partial charge on any atom is -0.462 e. The molecule has 1 heterocycles. The van der Waals surface area contributed by atoms with Gasteiger partial charge in [-0.1, -0.05) is 93.4 Å². The maximum atomic E-state index is 13.7. The van der Waals surface area contributed by atoms with Gasteiger partial charge in [-0.15, -0.1) is 0 Å². The van der Waals surface area contributed by atoms with Crippen LogP contribution >= 0.6 is 0 Å². The molecule has 3 aliphatic rings. The van der Waals surface area contributed by atoms with E-state index < -0.39 is 16.6 Å². The molecule has 0 aromatic rings. The van der Waals surface area contributed by atoms with Crippen LogP contribution < -0.4 is 0 Å². The molecule has 0 N–H and O–H groups in total. The number of rotatable bonds is 13. The van der Waals surface area contributed by atoms with Crippen LogP contribution in [0.3, 0.4) is 0 Å². The zero-order valence-electron chi connectivity index (χ0n) is 31.7. The second-order valence-corrected chi connectivity index (χ2v) is 27.1. The highest BCUT2D eigenvalue weighted by atomic mass is 28.4. The van der Waals surface area contributed by atoms with Gasteiger partial charge in [0.1, 0.15) is 12.2 Å². The number of hydrogen-bond acceptors (Lipinski definition) is 6. The van der Waals surface area contributed by atoms with Crippen molar-refractivity contribution in [3.8, 4) is 0 Å². The van der Waals surface area contributed by atoms with E-state index in [9.17, 15) is 9.59 Å². The minimum atomic E-state index is -2.04. The maximum absolute atomic E-state index is 13.7. The molecule has 264 valence electrons. The molecule has 46 heavy (non-hydrogen) atoms. The Kier molecular flexibility index (Phi) is 13.3. The number of esters is 2. The third-order valence-electron chi connectivity index (χ3n) is 11.8. The average molecular weight is 677 g/mol. The summed E-state index contributed by atoms with van der Waals surface area (Å²) in [5, 5.41) is 0.175. The van der Waals surface area contributed by atoms with E-state index in [0.717, 1.165) is 44.9 Å². The number of hydrogen-bond donors (Lipinski definition) is 0. The fourth-order valence-corrected chi connectivity index (χ4v) is 9.65. The first kappa shape index (κ1) is 39.2. The minimum absolute atomic E-state index is 0.0474. The molecule has 7 unspecified atom stereocenters. The monoisotopic (exact) mass is 676 g/mol. The Labute approximate surface area is 284 Å². The smallest absolute Gasteiger partial charge is 0.309 e. The van der Waals surface area contributed by atoms with Crippen LogP contribution in [0.2, 0.25) is 36.3 Å². The van der Waals surface area contributed by atoms with E-state index in [-0.39, 0.29) is 64.2 Å². The summed E-state index contributed by atoms with van der Waals surface area (Å²) in [5.41, 5.74) is 1.23. The van der Waals surface area contributed by atoms with Crippen molar-refractivity contribution in [2.75, 3.05) is 0 Å². The van der Waals surface area contributed by atoms with Crippen LogP contribution in [-0.2, 0) is 27.9 Å². The normalized spacial score (nSPS) is 29.3. The van der Waals surface area contributed by atoms with Crippen molar-refractivity contribution < 1.29 is 27.9 Å². The van der Waals surface area contributed by atoms with Crippen molar-refractivity contribution in [2.45, 2.75) is 181 Å². The predicted molar refractivity (Wildman–Crippen MR) is 194 cm³/mol. The highest BCUT2D eigenvalue weighted by Gasteiger charge is 2.47. The third-order valence-corrected chi connectivity index (χ3v) is 20.8. The number of carbonyl (C=O) groups is 2. The third kappa shape index (κ3) is 9.91. The van der Waals surface area contributed by atoms with Gasteiger partial charge in [0.15, 0.2) is 16.6 Å². The molecule has 0 radical (unpaired) electrons. The lowest BCUT2D eigenvalue weighted by molar-refractivity contribution is -0.162. The molecule has 3 rings (SSSR count). The molecular formula is C38H68O6Si2. The Hall–Kier alpha value is -1.23. The van der Waals surface area contributed by atoms with Gasteiger partial charge in [-0.2, -0.15) is 0 Å². The SMILES string of the molecule is CCCC(CCC)C(=O)OC1CC(O[Si](C)(C)C(C)(C)C)C=C2C=CC(C)C(CCC3CC(O[Si](C)(C)C(C)(C)C)CC(=O)O3)C21. The summed E-state index contributed by atoms with van der Waals surface area (Å²) in [6, 6.07) is 0. The molecule has 0 spiro atoms. The highest BCUT2D eigenvalue weighted by molar-refractivity contribution is 6.74. The van der Waals surface area contributed by atoms with Crippen molar-refractivity contribution in [2.24, 2.45) is 23.7 Å². The molecule has 0 aromatic heterocycles. The van der Waals surface area contributed by atoms with E-state index in [1.54, 1.807) is 0 Å². The Morgan fingerprint density at radius 2 is 1.52 bits per heavy atom. The topological polar surface area (TPSA) is 71.1 Å². The Balaban J connectivity index is 1.85. The van der Waals surface area contributed by atoms with E-state index in [1.807, 2.05) is 0 Å². The van der Waals surface area contributed by atoms with Crippen LogP contribution in [0.1, 0.15) is 120 Å². The number of fused-ring (bicyclic) bond motifs is 1. The fraction of sp³-hybridized carbons (Fsp3) is 0.842. The van der Waals surface area contributed by atoms with E-state index >= 15 is 0 Å². The predicted octanol–water partition coefficient (Wildman–Crippen LogP) is 10.1. The quantitative estimate of drug-likeness (QED) is 0.143. The van der Waals surface area contributed by atoms with Gasteiger partial charge in [-0.3, -0.25) is 9.59 Å². The summed E-state index contributed by atoms with van der Waals surface area (Å²) < 4.78 is 26.1. The van der Waals surface area contributed by atoms with Crippen molar-refractivity contribution in [3.63, 3.8) is 0 Å². The number of allylic oxidation sites excluding steroid dienone is 2. The van der Waals surface area contributed by atoms with E-state index in [4.69, 9.17) is 18.3 Å². The largest absolute Gasteiger partial charge is 0.462 e. The van der Waals surface area contributed by atoms with Crippen LogP contribution in [0.25, 0.3) is 0 Å². The summed E-state index contributed by atoms with van der Waals surface area (Å²) in [5.74, 6) is 0.448. The van der Waals surface area contributed by atoms with Crippen LogP contribution in [0.4, 0.5) is 0 Å². The molecule has 0 saturated carbocycles. The molecule has 6 nitrogen and oxygen atoms in total. The first-order valence-corrected chi connectivity index (χ1v) is 24.2. The zero-order valence-corrected chi connectivity index (χ0v) is 33.7. The van der Waals surface area contributed by atoms with Gasteiger partial charge in [0, 0.05) is 18.8 Å². The van der Waals surface area contributed by atoms with Crippen LogP contribution in [0.5, 0.6) is 0 Å². The lowest BCUT2D eigenvalue weighted by atomic mass is 9.66. The molecule has 7 atom stereocenters. The Morgan fingerprint density at radius 3 is 2.09 bits per heavy atom. The number of ether oxygens (including phenoxy) is 2. The summed E-state index contributed by atoms with van der Waals surface area (Å²) in [7, 11) is -4.05. The van der Waals surface area contributed by atoms with Crippen molar-refractivity contribution >= 4 is 28.6 Å². The maximum Gasteiger partial charge on any atom is 0.309 e. The van der Waals surface area contributed by atoms with Gasteiger partial charge in [0.25, 0.3) is 0 Å². The Bertz CT molecular complexity index is 1090. The second-order valence-electron chi connectivity index (χ2n) is 17.6. The van der Waals surface area contributed by atoms with Crippen LogP contribution in [0.15, 0.2) is 23.8 Å². The van der Waals surface area contributed by atoms with Crippen molar-refractivity contribution in [1.29, 1.82) is 0 Å². The summed E-state index contributed by atoms with van der Waals surface area (Å²) in [6.45, 7) is 29.2.